The second kappa shape index (κ2) is 7.02. The standard InChI is InChI=1S/C15H29NO3/c17-11-16-10-15(7-5-14(19)6-8-15)9-12-1-3-13(18)4-2-12/h12-14,16-19H,1-11H2. The fraction of sp³-hybridized carbons (Fsp3) is 1.00. The van der Waals surface area contributed by atoms with Gasteiger partial charge in [-0.3, -0.25) is 5.32 Å². The predicted octanol–water partition coefficient (Wildman–Crippen LogP) is 1.39. The van der Waals surface area contributed by atoms with Crippen LogP contribution in [0.2, 0.25) is 0 Å². The van der Waals surface area contributed by atoms with Crippen LogP contribution in [0.15, 0.2) is 0 Å². The minimum absolute atomic E-state index is 0.0354. The molecule has 0 heterocycles. The zero-order valence-electron chi connectivity index (χ0n) is 11.9. The van der Waals surface area contributed by atoms with E-state index >= 15 is 0 Å². The van der Waals surface area contributed by atoms with Gasteiger partial charge in [-0.25, -0.2) is 0 Å². The van der Waals surface area contributed by atoms with E-state index in [-0.39, 0.29) is 24.4 Å². The maximum Gasteiger partial charge on any atom is 0.0931 e. The molecule has 0 aromatic rings. The van der Waals surface area contributed by atoms with E-state index in [4.69, 9.17) is 5.11 Å². The van der Waals surface area contributed by atoms with Crippen molar-refractivity contribution in [3.8, 4) is 0 Å². The quantitative estimate of drug-likeness (QED) is 0.570. The van der Waals surface area contributed by atoms with E-state index in [1.54, 1.807) is 0 Å². The maximum absolute atomic E-state index is 9.70. The molecule has 0 spiro atoms. The Kier molecular flexibility index (Phi) is 5.63. The third kappa shape index (κ3) is 4.42. The number of hydrogen-bond donors (Lipinski definition) is 4. The largest absolute Gasteiger partial charge is 0.393 e. The molecule has 4 nitrogen and oxygen atoms in total. The Balaban J connectivity index is 1.89. The summed E-state index contributed by atoms with van der Waals surface area (Å²) in [6.07, 6.45) is 9.00. The molecule has 4 heteroatoms. The number of rotatable bonds is 5. The molecule has 0 amide bonds. The van der Waals surface area contributed by atoms with Crippen molar-refractivity contribution in [2.75, 3.05) is 13.3 Å². The summed E-state index contributed by atoms with van der Waals surface area (Å²) < 4.78 is 0. The summed E-state index contributed by atoms with van der Waals surface area (Å²) in [7, 11) is 0. The molecule has 2 rings (SSSR count). The monoisotopic (exact) mass is 271 g/mol. The minimum Gasteiger partial charge on any atom is -0.393 e. The van der Waals surface area contributed by atoms with Crippen LogP contribution in [-0.4, -0.2) is 40.8 Å². The van der Waals surface area contributed by atoms with Crippen molar-refractivity contribution in [2.24, 2.45) is 11.3 Å². The van der Waals surface area contributed by atoms with Crippen molar-refractivity contribution in [2.45, 2.75) is 70.0 Å². The Morgan fingerprint density at radius 1 is 0.895 bits per heavy atom. The molecule has 2 aliphatic carbocycles. The average Bonchev–Trinajstić information content (AvgIpc) is 2.43. The van der Waals surface area contributed by atoms with Gasteiger partial charge in [0.2, 0.25) is 0 Å². The summed E-state index contributed by atoms with van der Waals surface area (Å²) in [6, 6.07) is 0. The van der Waals surface area contributed by atoms with E-state index in [0.29, 0.717) is 5.92 Å². The van der Waals surface area contributed by atoms with Gasteiger partial charge in [0, 0.05) is 6.54 Å². The van der Waals surface area contributed by atoms with Crippen LogP contribution in [0, 0.1) is 11.3 Å². The van der Waals surface area contributed by atoms with Gasteiger partial charge in [0.05, 0.1) is 18.9 Å². The summed E-state index contributed by atoms with van der Waals surface area (Å²) in [4.78, 5) is 0. The van der Waals surface area contributed by atoms with E-state index < -0.39 is 0 Å². The highest BCUT2D eigenvalue weighted by Crippen LogP contribution is 2.44. The number of aliphatic hydroxyl groups is 3. The molecule has 0 aromatic carbocycles. The van der Waals surface area contributed by atoms with E-state index in [2.05, 4.69) is 5.32 Å². The second-order valence-electron chi connectivity index (χ2n) is 6.69. The Labute approximate surface area is 116 Å². The minimum atomic E-state index is -0.129. The van der Waals surface area contributed by atoms with Gasteiger partial charge < -0.3 is 15.3 Å². The summed E-state index contributed by atoms with van der Waals surface area (Å²) in [6.45, 7) is 0.892. The SMILES string of the molecule is OCNCC1(CC2CCC(O)CC2)CCC(O)CC1. The molecule has 112 valence electrons. The van der Waals surface area contributed by atoms with Gasteiger partial charge in [-0.1, -0.05) is 0 Å². The van der Waals surface area contributed by atoms with E-state index in [1.165, 1.54) is 6.42 Å². The van der Waals surface area contributed by atoms with Gasteiger partial charge in [-0.15, -0.1) is 0 Å². The maximum atomic E-state index is 9.70. The van der Waals surface area contributed by atoms with Crippen LogP contribution in [0.3, 0.4) is 0 Å². The Morgan fingerprint density at radius 3 is 2.05 bits per heavy atom. The molecule has 0 atom stereocenters. The topological polar surface area (TPSA) is 72.7 Å². The predicted molar refractivity (Wildman–Crippen MR) is 74.6 cm³/mol. The van der Waals surface area contributed by atoms with Crippen LogP contribution in [0.4, 0.5) is 0 Å². The molecule has 0 unspecified atom stereocenters. The Morgan fingerprint density at radius 2 is 1.47 bits per heavy atom. The first kappa shape index (κ1) is 15.2. The average molecular weight is 271 g/mol. The number of hydrogen-bond acceptors (Lipinski definition) is 4. The van der Waals surface area contributed by atoms with Crippen molar-refractivity contribution in [3.63, 3.8) is 0 Å². The molecule has 2 aliphatic rings. The van der Waals surface area contributed by atoms with Gasteiger partial charge >= 0.3 is 0 Å². The van der Waals surface area contributed by atoms with Crippen LogP contribution in [0.1, 0.15) is 57.8 Å². The first-order valence-corrected chi connectivity index (χ1v) is 7.81. The zero-order valence-corrected chi connectivity index (χ0v) is 11.9. The molecular weight excluding hydrogens is 242 g/mol. The van der Waals surface area contributed by atoms with Crippen molar-refractivity contribution in [1.29, 1.82) is 0 Å². The highest BCUT2D eigenvalue weighted by Gasteiger charge is 2.37. The molecule has 2 saturated carbocycles. The lowest BCUT2D eigenvalue weighted by atomic mass is 9.66. The lowest BCUT2D eigenvalue weighted by molar-refractivity contribution is 0.0295. The molecule has 0 aliphatic heterocycles. The number of aliphatic hydroxyl groups excluding tert-OH is 3. The van der Waals surface area contributed by atoms with Crippen LogP contribution >= 0.6 is 0 Å². The third-order valence-corrected chi connectivity index (χ3v) is 5.17. The molecule has 19 heavy (non-hydrogen) atoms. The van der Waals surface area contributed by atoms with Crippen LogP contribution in [-0.2, 0) is 0 Å². The van der Waals surface area contributed by atoms with Crippen molar-refractivity contribution in [1.82, 2.24) is 5.32 Å². The normalized spacial score (nSPS) is 40.3. The Bertz CT molecular complexity index is 251. The van der Waals surface area contributed by atoms with Crippen LogP contribution < -0.4 is 5.32 Å². The third-order valence-electron chi connectivity index (χ3n) is 5.17. The second-order valence-corrected chi connectivity index (χ2v) is 6.69. The van der Waals surface area contributed by atoms with Gasteiger partial charge in [0.1, 0.15) is 0 Å². The van der Waals surface area contributed by atoms with Gasteiger partial charge in [-0.05, 0) is 69.1 Å². The van der Waals surface area contributed by atoms with Crippen LogP contribution in [0.25, 0.3) is 0 Å². The number of nitrogens with one attached hydrogen (secondary N) is 1. The van der Waals surface area contributed by atoms with Gasteiger partial charge in [0.25, 0.3) is 0 Å². The summed E-state index contributed by atoms with van der Waals surface area (Å²) in [5.74, 6) is 0.708. The first-order chi connectivity index (χ1) is 9.13. The molecule has 0 saturated heterocycles. The smallest absolute Gasteiger partial charge is 0.0931 e. The van der Waals surface area contributed by atoms with Crippen LogP contribution in [0.5, 0.6) is 0 Å². The molecule has 2 fully saturated rings. The summed E-state index contributed by atoms with van der Waals surface area (Å²) in [5, 5.41) is 31.4. The lowest BCUT2D eigenvalue weighted by Gasteiger charge is -2.42. The fourth-order valence-corrected chi connectivity index (χ4v) is 3.95. The van der Waals surface area contributed by atoms with Gasteiger partial charge in [0.15, 0.2) is 0 Å². The molecule has 4 N–H and O–H groups in total. The first-order valence-electron chi connectivity index (χ1n) is 7.81. The lowest BCUT2D eigenvalue weighted by Crippen LogP contribution is -2.41. The summed E-state index contributed by atoms with van der Waals surface area (Å²) >= 11 is 0. The molecule has 0 aromatic heterocycles. The molecular formula is C15H29NO3. The molecule has 0 bridgehead atoms. The van der Waals surface area contributed by atoms with E-state index in [0.717, 1.165) is 57.9 Å². The van der Waals surface area contributed by atoms with Crippen molar-refractivity contribution >= 4 is 0 Å². The van der Waals surface area contributed by atoms with E-state index in [1.807, 2.05) is 0 Å². The highest BCUT2D eigenvalue weighted by molar-refractivity contribution is 4.90. The van der Waals surface area contributed by atoms with Crippen molar-refractivity contribution in [3.05, 3.63) is 0 Å². The van der Waals surface area contributed by atoms with Crippen molar-refractivity contribution < 1.29 is 15.3 Å². The zero-order chi connectivity index (χ0) is 13.7. The van der Waals surface area contributed by atoms with Gasteiger partial charge in [-0.2, -0.15) is 0 Å². The fourth-order valence-electron chi connectivity index (χ4n) is 3.95. The highest BCUT2D eigenvalue weighted by atomic mass is 16.3. The Hall–Kier alpha value is -0.160. The molecule has 0 radical (unpaired) electrons. The summed E-state index contributed by atoms with van der Waals surface area (Å²) in [5.41, 5.74) is 0.245. The van der Waals surface area contributed by atoms with E-state index in [9.17, 15) is 10.2 Å².